The van der Waals surface area contributed by atoms with E-state index >= 15 is 0 Å². The van der Waals surface area contributed by atoms with Crippen molar-refractivity contribution >= 4 is 11.8 Å². The summed E-state index contributed by atoms with van der Waals surface area (Å²) in [5.74, 6) is 1.33. The largest absolute Gasteiger partial charge is 0.494 e. The number of para-hydroxylation sites is 1. The Balaban J connectivity index is 1.66. The molecule has 0 atom stereocenters. The van der Waals surface area contributed by atoms with Crippen LogP contribution in [0.15, 0.2) is 67.3 Å². The molecule has 0 aliphatic carbocycles. The van der Waals surface area contributed by atoms with Crippen molar-refractivity contribution in [3.8, 4) is 11.5 Å². The predicted molar refractivity (Wildman–Crippen MR) is 119 cm³/mol. The first-order valence-corrected chi connectivity index (χ1v) is 10.1. The molecule has 0 bridgehead atoms. The van der Waals surface area contributed by atoms with E-state index in [0.29, 0.717) is 12.4 Å². The molecule has 0 fully saturated rings. The average molecular weight is 397 g/mol. The van der Waals surface area contributed by atoms with Gasteiger partial charge in [0, 0.05) is 19.3 Å². The number of ether oxygens (including phenoxy) is 2. The minimum atomic E-state index is -0.427. The van der Waals surface area contributed by atoms with Gasteiger partial charge in [-0.05, 0) is 62.8 Å². The van der Waals surface area contributed by atoms with Gasteiger partial charge in [0.2, 0.25) is 0 Å². The first-order chi connectivity index (χ1) is 14.1. The lowest BCUT2D eigenvalue weighted by Gasteiger charge is -2.17. The highest BCUT2D eigenvalue weighted by Gasteiger charge is 2.13. The van der Waals surface area contributed by atoms with Gasteiger partial charge in [-0.2, -0.15) is 0 Å². The second-order valence-electron chi connectivity index (χ2n) is 7.05. The van der Waals surface area contributed by atoms with Crippen LogP contribution in [-0.2, 0) is 0 Å². The van der Waals surface area contributed by atoms with Crippen molar-refractivity contribution in [2.75, 3.05) is 38.7 Å². The van der Waals surface area contributed by atoms with Crippen molar-refractivity contribution in [1.29, 1.82) is 0 Å². The Morgan fingerprint density at radius 3 is 2.31 bits per heavy atom. The summed E-state index contributed by atoms with van der Waals surface area (Å²) in [4.78, 5) is 16.0. The molecule has 0 unspecified atom stereocenters. The highest BCUT2D eigenvalue weighted by Crippen LogP contribution is 2.20. The first kappa shape index (κ1) is 22.5. The van der Waals surface area contributed by atoms with Crippen LogP contribution in [0.4, 0.5) is 10.5 Å². The fraction of sp³-hybridized carbons (Fsp3) is 0.375. The van der Waals surface area contributed by atoms with Gasteiger partial charge in [0.1, 0.15) is 11.5 Å². The molecule has 2 aromatic rings. The second kappa shape index (κ2) is 12.6. The van der Waals surface area contributed by atoms with Gasteiger partial charge >= 0.3 is 6.09 Å². The number of hydrogen-bond donors (Lipinski definition) is 0. The van der Waals surface area contributed by atoms with E-state index in [-0.39, 0.29) is 0 Å². The molecule has 0 radical (unpaired) electrons. The summed E-state index contributed by atoms with van der Waals surface area (Å²) in [5.41, 5.74) is 0.752. The summed E-state index contributed by atoms with van der Waals surface area (Å²) in [5, 5.41) is 0. The highest BCUT2D eigenvalue weighted by atomic mass is 16.6. The van der Waals surface area contributed by atoms with Crippen molar-refractivity contribution in [3.05, 3.63) is 67.3 Å². The van der Waals surface area contributed by atoms with E-state index in [1.807, 2.05) is 48.5 Å². The molecule has 0 saturated carbocycles. The van der Waals surface area contributed by atoms with E-state index in [2.05, 4.69) is 18.5 Å². The standard InChI is InChI=1S/C24H32N2O3/c1-4-18-25(2)19-10-5-6-11-20-28-22-16-14-21(15-17-22)26(3)24(27)29-23-12-8-7-9-13-23/h4,7-9,12-17H,1,5-6,10-11,18-20H2,2-3H3. The lowest BCUT2D eigenvalue weighted by atomic mass is 10.2. The highest BCUT2D eigenvalue weighted by molar-refractivity contribution is 5.88. The minimum Gasteiger partial charge on any atom is -0.494 e. The lowest BCUT2D eigenvalue weighted by molar-refractivity contribution is 0.209. The van der Waals surface area contributed by atoms with E-state index < -0.39 is 6.09 Å². The maximum absolute atomic E-state index is 12.2. The van der Waals surface area contributed by atoms with Gasteiger partial charge in [0.05, 0.1) is 6.61 Å². The Labute approximate surface area is 174 Å². The van der Waals surface area contributed by atoms with Crippen LogP contribution >= 0.6 is 0 Å². The van der Waals surface area contributed by atoms with Crippen LogP contribution < -0.4 is 14.4 Å². The molecule has 29 heavy (non-hydrogen) atoms. The quantitative estimate of drug-likeness (QED) is 0.357. The number of likely N-dealkylation sites (N-methyl/N-ethyl adjacent to an activating group) is 1. The molecule has 1 amide bonds. The van der Waals surface area contributed by atoms with E-state index in [4.69, 9.17) is 9.47 Å². The molecule has 0 aliphatic heterocycles. The Morgan fingerprint density at radius 2 is 1.62 bits per heavy atom. The molecule has 0 aliphatic rings. The second-order valence-corrected chi connectivity index (χ2v) is 7.05. The molecule has 2 rings (SSSR count). The van der Waals surface area contributed by atoms with E-state index in [0.717, 1.165) is 37.4 Å². The molecule has 0 heterocycles. The van der Waals surface area contributed by atoms with Crippen LogP contribution in [0.25, 0.3) is 0 Å². The number of nitrogens with zero attached hydrogens (tertiary/aromatic N) is 2. The maximum atomic E-state index is 12.2. The summed E-state index contributed by atoms with van der Waals surface area (Å²) >= 11 is 0. The molecule has 0 N–H and O–H groups in total. The maximum Gasteiger partial charge on any atom is 0.419 e. The molecular formula is C24H32N2O3. The molecule has 0 saturated heterocycles. The number of carbonyl (C=O) groups excluding carboxylic acids is 1. The molecule has 5 nitrogen and oxygen atoms in total. The molecule has 5 heteroatoms. The number of unbranched alkanes of at least 4 members (excludes halogenated alkanes) is 3. The Bertz CT molecular complexity index is 732. The van der Waals surface area contributed by atoms with E-state index in [1.165, 1.54) is 17.7 Å². The zero-order chi connectivity index (χ0) is 20.9. The van der Waals surface area contributed by atoms with E-state index in [1.54, 1.807) is 19.2 Å². The van der Waals surface area contributed by atoms with Crippen LogP contribution in [0.2, 0.25) is 0 Å². The monoisotopic (exact) mass is 396 g/mol. The van der Waals surface area contributed by atoms with Crippen molar-refractivity contribution in [1.82, 2.24) is 4.90 Å². The van der Waals surface area contributed by atoms with Crippen LogP contribution in [0, 0.1) is 0 Å². The topological polar surface area (TPSA) is 42.0 Å². The molecule has 0 spiro atoms. The number of anilines is 1. The molecule has 156 valence electrons. The SMILES string of the molecule is C=CCN(C)CCCCCCOc1ccc(N(C)C(=O)Oc2ccccc2)cc1. The Kier molecular flexibility index (Phi) is 9.80. The number of hydrogen-bond acceptors (Lipinski definition) is 4. The van der Waals surface area contributed by atoms with Crippen molar-refractivity contribution in [3.63, 3.8) is 0 Å². The number of carbonyl (C=O) groups is 1. The Hall–Kier alpha value is -2.79. The van der Waals surface area contributed by atoms with Gasteiger partial charge in [-0.15, -0.1) is 6.58 Å². The third kappa shape index (κ3) is 8.40. The van der Waals surface area contributed by atoms with Gasteiger partial charge < -0.3 is 14.4 Å². The summed E-state index contributed by atoms with van der Waals surface area (Å²) in [7, 11) is 3.81. The summed E-state index contributed by atoms with van der Waals surface area (Å²) in [6, 6.07) is 16.5. The average Bonchev–Trinajstić information content (AvgIpc) is 2.74. The van der Waals surface area contributed by atoms with Gasteiger partial charge in [0.15, 0.2) is 0 Å². The smallest absolute Gasteiger partial charge is 0.419 e. The minimum absolute atomic E-state index is 0.427. The van der Waals surface area contributed by atoms with Gasteiger partial charge in [-0.1, -0.05) is 37.1 Å². The first-order valence-electron chi connectivity index (χ1n) is 10.1. The third-order valence-electron chi connectivity index (χ3n) is 4.59. The van der Waals surface area contributed by atoms with Gasteiger partial charge in [-0.25, -0.2) is 4.79 Å². The van der Waals surface area contributed by atoms with Crippen LogP contribution in [0.3, 0.4) is 0 Å². The van der Waals surface area contributed by atoms with Crippen LogP contribution in [0.1, 0.15) is 25.7 Å². The summed E-state index contributed by atoms with van der Waals surface area (Å²) in [6.45, 7) is 6.51. The van der Waals surface area contributed by atoms with Gasteiger partial charge in [-0.3, -0.25) is 4.90 Å². The summed E-state index contributed by atoms with van der Waals surface area (Å²) in [6.07, 6.45) is 6.11. The van der Waals surface area contributed by atoms with Crippen molar-refractivity contribution in [2.45, 2.75) is 25.7 Å². The fourth-order valence-corrected chi connectivity index (χ4v) is 2.87. The third-order valence-corrected chi connectivity index (χ3v) is 4.59. The molecule has 0 aromatic heterocycles. The number of benzene rings is 2. The lowest BCUT2D eigenvalue weighted by Crippen LogP contribution is -2.29. The zero-order valence-corrected chi connectivity index (χ0v) is 17.5. The Morgan fingerprint density at radius 1 is 0.931 bits per heavy atom. The normalized spacial score (nSPS) is 10.6. The zero-order valence-electron chi connectivity index (χ0n) is 17.5. The van der Waals surface area contributed by atoms with E-state index in [9.17, 15) is 4.79 Å². The molecule has 2 aromatic carbocycles. The predicted octanol–water partition coefficient (Wildman–Crippen LogP) is 5.38. The van der Waals surface area contributed by atoms with Crippen LogP contribution in [-0.4, -0.2) is 44.8 Å². The number of amides is 1. The van der Waals surface area contributed by atoms with Gasteiger partial charge in [0.25, 0.3) is 0 Å². The van der Waals surface area contributed by atoms with Crippen LogP contribution in [0.5, 0.6) is 11.5 Å². The van der Waals surface area contributed by atoms with Crippen molar-refractivity contribution in [2.24, 2.45) is 0 Å². The molecular weight excluding hydrogens is 364 g/mol. The number of rotatable bonds is 12. The van der Waals surface area contributed by atoms with Crippen molar-refractivity contribution < 1.29 is 14.3 Å². The fourth-order valence-electron chi connectivity index (χ4n) is 2.87. The summed E-state index contributed by atoms with van der Waals surface area (Å²) < 4.78 is 11.2.